The Kier molecular flexibility index (Phi) is 3.56. The van der Waals surface area contributed by atoms with Crippen LogP contribution in [0.5, 0.6) is 0 Å². The number of benzene rings is 1. The summed E-state index contributed by atoms with van der Waals surface area (Å²) in [5.41, 5.74) is 0.634. The van der Waals surface area contributed by atoms with E-state index in [9.17, 15) is 4.39 Å². The van der Waals surface area contributed by atoms with E-state index in [0.29, 0.717) is 19.3 Å². The molecule has 4 heteroatoms. The average molecular weight is 264 g/mol. The molecule has 0 bridgehead atoms. The fourth-order valence-electron chi connectivity index (χ4n) is 3.23. The van der Waals surface area contributed by atoms with Crippen molar-refractivity contribution in [1.82, 2.24) is 10.2 Å². The van der Waals surface area contributed by atoms with Crippen LogP contribution in [0.2, 0.25) is 0 Å². The molecule has 2 fully saturated rings. The summed E-state index contributed by atoms with van der Waals surface area (Å²) in [5, 5.41) is 3.36. The molecule has 1 aromatic carbocycles. The van der Waals surface area contributed by atoms with Crippen LogP contribution in [0.3, 0.4) is 0 Å². The minimum atomic E-state index is -0.178. The van der Waals surface area contributed by atoms with Gasteiger partial charge >= 0.3 is 0 Å². The van der Waals surface area contributed by atoms with Crippen LogP contribution in [0.25, 0.3) is 0 Å². The highest BCUT2D eigenvalue weighted by Crippen LogP contribution is 2.39. The third-order valence-corrected chi connectivity index (χ3v) is 4.63. The second-order valence-electron chi connectivity index (χ2n) is 5.59. The molecule has 0 radical (unpaired) electrons. The number of ether oxygens (including phenoxy) is 1. The Morgan fingerprint density at radius 3 is 2.53 bits per heavy atom. The molecule has 0 aromatic heterocycles. The highest BCUT2D eigenvalue weighted by molar-refractivity contribution is 5.32. The van der Waals surface area contributed by atoms with Gasteiger partial charge in [0.1, 0.15) is 5.82 Å². The first kappa shape index (κ1) is 13.0. The fraction of sp³-hybridized carbons (Fsp3) is 0.600. The summed E-state index contributed by atoms with van der Waals surface area (Å²) in [4.78, 5) is 2.45. The third-order valence-electron chi connectivity index (χ3n) is 4.63. The van der Waals surface area contributed by atoms with Crippen molar-refractivity contribution in [3.05, 3.63) is 35.6 Å². The van der Waals surface area contributed by atoms with Gasteiger partial charge < -0.3 is 10.1 Å². The van der Waals surface area contributed by atoms with Crippen molar-refractivity contribution in [2.24, 2.45) is 0 Å². The number of hydrogen-bond donors (Lipinski definition) is 1. The molecular weight excluding hydrogens is 243 g/mol. The number of piperazine rings is 1. The van der Waals surface area contributed by atoms with Gasteiger partial charge in [-0.1, -0.05) is 18.2 Å². The molecule has 2 saturated heterocycles. The fourth-order valence-corrected chi connectivity index (χ4v) is 3.23. The van der Waals surface area contributed by atoms with Crippen LogP contribution >= 0.6 is 0 Å². The molecule has 0 saturated carbocycles. The van der Waals surface area contributed by atoms with E-state index >= 15 is 0 Å². The maximum absolute atomic E-state index is 14.1. The molecule has 1 unspecified atom stereocenters. The van der Waals surface area contributed by atoms with Gasteiger partial charge in [0, 0.05) is 37.8 Å². The lowest BCUT2D eigenvalue weighted by atomic mass is 9.72. The number of halogens is 1. The largest absolute Gasteiger partial charge is 0.379 e. The zero-order chi connectivity index (χ0) is 13.3. The van der Waals surface area contributed by atoms with E-state index in [1.54, 1.807) is 12.1 Å². The topological polar surface area (TPSA) is 24.5 Å². The smallest absolute Gasteiger partial charge is 0.127 e. The molecule has 2 heterocycles. The molecule has 19 heavy (non-hydrogen) atoms. The van der Waals surface area contributed by atoms with Crippen molar-refractivity contribution in [3.63, 3.8) is 0 Å². The molecule has 2 aliphatic heterocycles. The Morgan fingerprint density at radius 2 is 1.95 bits per heavy atom. The van der Waals surface area contributed by atoms with Gasteiger partial charge in [-0.2, -0.15) is 0 Å². The minimum Gasteiger partial charge on any atom is -0.379 e. The molecule has 3 nitrogen and oxygen atoms in total. The van der Waals surface area contributed by atoms with Gasteiger partial charge in [0.05, 0.1) is 18.6 Å². The van der Waals surface area contributed by atoms with Crippen molar-refractivity contribution in [1.29, 1.82) is 0 Å². The lowest BCUT2D eigenvalue weighted by Crippen LogP contribution is -2.63. The second-order valence-corrected chi connectivity index (χ2v) is 5.59. The van der Waals surface area contributed by atoms with Crippen molar-refractivity contribution in [2.45, 2.75) is 18.4 Å². The Balaban J connectivity index is 1.88. The first-order chi connectivity index (χ1) is 9.24. The molecule has 1 N–H and O–H groups in total. The van der Waals surface area contributed by atoms with Crippen molar-refractivity contribution >= 4 is 0 Å². The summed E-state index contributed by atoms with van der Waals surface area (Å²) in [6.45, 7) is 7.53. The van der Waals surface area contributed by atoms with E-state index in [0.717, 1.165) is 31.7 Å². The van der Waals surface area contributed by atoms with E-state index < -0.39 is 0 Å². The first-order valence-corrected chi connectivity index (χ1v) is 7.01. The van der Waals surface area contributed by atoms with Crippen LogP contribution in [0.1, 0.15) is 12.5 Å². The van der Waals surface area contributed by atoms with Gasteiger partial charge in [-0.3, -0.25) is 4.90 Å². The number of rotatable bonds is 3. The lowest BCUT2D eigenvalue weighted by molar-refractivity contribution is -0.102. The van der Waals surface area contributed by atoms with E-state index in [1.165, 1.54) is 0 Å². The van der Waals surface area contributed by atoms with Crippen LogP contribution in [0.15, 0.2) is 24.3 Å². The highest BCUT2D eigenvalue weighted by atomic mass is 19.1. The van der Waals surface area contributed by atoms with Crippen molar-refractivity contribution < 1.29 is 9.13 Å². The van der Waals surface area contributed by atoms with Gasteiger partial charge in [0.15, 0.2) is 0 Å². The number of nitrogens with one attached hydrogen (secondary N) is 1. The predicted molar refractivity (Wildman–Crippen MR) is 72.8 cm³/mol. The van der Waals surface area contributed by atoms with Gasteiger partial charge in [-0.15, -0.1) is 0 Å². The van der Waals surface area contributed by atoms with Crippen LogP contribution in [0.4, 0.5) is 4.39 Å². The van der Waals surface area contributed by atoms with Crippen LogP contribution in [-0.2, 0) is 10.2 Å². The normalized spacial score (nSPS) is 24.7. The Labute approximate surface area is 113 Å². The molecule has 0 amide bonds. The molecule has 0 aliphatic carbocycles. The molecule has 1 atom stereocenters. The van der Waals surface area contributed by atoms with Crippen molar-refractivity contribution in [2.75, 3.05) is 39.4 Å². The van der Waals surface area contributed by atoms with Crippen molar-refractivity contribution in [3.8, 4) is 0 Å². The zero-order valence-electron chi connectivity index (χ0n) is 11.4. The van der Waals surface area contributed by atoms with E-state index in [1.807, 2.05) is 12.1 Å². The zero-order valence-corrected chi connectivity index (χ0v) is 11.4. The molecule has 0 spiro atoms. The quantitative estimate of drug-likeness (QED) is 0.893. The van der Waals surface area contributed by atoms with Gasteiger partial charge in [-0.25, -0.2) is 4.39 Å². The Bertz CT molecular complexity index is 442. The highest BCUT2D eigenvalue weighted by Gasteiger charge is 2.48. The number of nitrogens with zero attached hydrogens (tertiary/aromatic N) is 1. The molecular formula is C15H21FN2O. The van der Waals surface area contributed by atoms with E-state index in [2.05, 4.69) is 17.1 Å². The Hall–Kier alpha value is -0.970. The van der Waals surface area contributed by atoms with Crippen LogP contribution < -0.4 is 5.32 Å². The van der Waals surface area contributed by atoms with Crippen LogP contribution in [-0.4, -0.2) is 50.3 Å². The molecule has 2 aliphatic rings. The molecule has 1 aromatic rings. The van der Waals surface area contributed by atoms with Gasteiger partial charge in [-0.05, 0) is 13.0 Å². The SMILES string of the molecule is CC(N1CCNCC1)C1(c2ccccc2F)COC1. The maximum Gasteiger partial charge on any atom is 0.127 e. The summed E-state index contributed by atoms with van der Waals surface area (Å²) in [5.74, 6) is -0.104. The van der Waals surface area contributed by atoms with Gasteiger partial charge in [0.2, 0.25) is 0 Å². The molecule has 3 rings (SSSR count). The minimum absolute atomic E-state index is 0.104. The average Bonchev–Trinajstić information content (AvgIpc) is 2.40. The molecule has 104 valence electrons. The Morgan fingerprint density at radius 1 is 1.26 bits per heavy atom. The second kappa shape index (κ2) is 5.19. The summed E-state index contributed by atoms with van der Waals surface area (Å²) >= 11 is 0. The van der Waals surface area contributed by atoms with Crippen LogP contribution in [0, 0.1) is 5.82 Å². The van der Waals surface area contributed by atoms with E-state index in [-0.39, 0.29) is 11.2 Å². The monoisotopic (exact) mass is 264 g/mol. The lowest BCUT2D eigenvalue weighted by Gasteiger charge is -2.51. The summed E-state index contributed by atoms with van der Waals surface area (Å²) < 4.78 is 19.6. The summed E-state index contributed by atoms with van der Waals surface area (Å²) in [7, 11) is 0. The third kappa shape index (κ3) is 2.18. The first-order valence-electron chi connectivity index (χ1n) is 7.01. The van der Waals surface area contributed by atoms with E-state index in [4.69, 9.17) is 4.74 Å². The standard InChI is InChI=1S/C15H21FN2O/c1-12(18-8-6-17-7-9-18)15(10-19-11-15)13-4-2-3-5-14(13)16/h2-5,12,17H,6-11H2,1H3. The summed E-state index contributed by atoms with van der Waals surface area (Å²) in [6.07, 6.45) is 0. The number of hydrogen-bond acceptors (Lipinski definition) is 3. The predicted octanol–water partition coefficient (Wildman–Crippen LogP) is 1.39. The van der Waals surface area contributed by atoms with Gasteiger partial charge in [0.25, 0.3) is 0 Å². The summed E-state index contributed by atoms with van der Waals surface area (Å²) in [6, 6.07) is 7.45. The maximum atomic E-state index is 14.1.